The quantitative estimate of drug-likeness (QED) is 0.179. The summed E-state index contributed by atoms with van der Waals surface area (Å²) in [4.78, 5) is 13.1. The molecule has 53 heavy (non-hydrogen) atoms. The lowest BCUT2D eigenvalue weighted by molar-refractivity contribution is -0.365. The maximum absolute atomic E-state index is 13.1. The van der Waals surface area contributed by atoms with Gasteiger partial charge in [0.1, 0.15) is 36.6 Å². The molecule has 2 saturated heterocycles. The van der Waals surface area contributed by atoms with Crippen LogP contribution in [-0.2, 0) is 28.5 Å². The lowest BCUT2D eigenvalue weighted by Gasteiger charge is -2.71. The standard InChI is InChI=1S/C42H68O11/c1-22-29(43)31(45)32(46)34(51-22)53-33-30(44)25(49-9)21-50-35(33)52-28-13-14-39(6)26(38(28,4)5)12-15-41(8)27(39)11-10-23-24-20-37(2,3)16-18-42(24,36(47)48)19-17-40(23,41)7/h10,22,24-35,43-46H,11-21H2,1-9H3,(H,47,48)/t22-,24-,25-,26-,27+,28-,29-,30-,31+,32+,33+,34-,35-,39-,40+,41+,42-/m0/s1. The van der Waals surface area contributed by atoms with Crippen LogP contribution < -0.4 is 0 Å². The number of methoxy groups -OCH3 is 1. The third-order valence-corrected chi connectivity index (χ3v) is 17.1. The number of carbonyl (C=O) groups is 1. The van der Waals surface area contributed by atoms with Gasteiger partial charge in [-0.2, -0.15) is 0 Å². The Morgan fingerprint density at radius 2 is 1.51 bits per heavy atom. The van der Waals surface area contributed by atoms with E-state index in [2.05, 4.69) is 54.5 Å². The fourth-order valence-corrected chi connectivity index (χ4v) is 13.5. The van der Waals surface area contributed by atoms with Crippen molar-refractivity contribution in [1.82, 2.24) is 0 Å². The second-order valence-electron chi connectivity index (χ2n) is 20.4. The summed E-state index contributed by atoms with van der Waals surface area (Å²) in [5.74, 6) is 0.275. The van der Waals surface area contributed by atoms with E-state index < -0.39 is 66.7 Å². The van der Waals surface area contributed by atoms with Gasteiger partial charge in [-0.3, -0.25) is 4.79 Å². The average Bonchev–Trinajstić information content (AvgIpc) is 3.08. The molecule has 5 N–H and O–H groups in total. The summed E-state index contributed by atoms with van der Waals surface area (Å²) in [6.45, 7) is 18.5. The molecule has 11 nitrogen and oxygen atoms in total. The van der Waals surface area contributed by atoms with Crippen molar-refractivity contribution in [3.05, 3.63) is 11.6 Å². The first-order chi connectivity index (χ1) is 24.7. The van der Waals surface area contributed by atoms with Crippen molar-refractivity contribution in [2.45, 2.75) is 181 Å². The van der Waals surface area contributed by atoms with Gasteiger partial charge >= 0.3 is 5.97 Å². The molecule has 0 radical (unpaired) electrons. The summed E-state index contributed by atoms with van der Waals surface area (Å²) in [7, 11) is 1.49. The normalized spacial score (nSPS) is 53.3. The number of ether oxygens (including phenoxy) is 5. The Kier molecular flexibility index (Phi) is 10.2. The molecule has 4 saturated carbocycles. The summed E-state index contributed by atoms with van der Waals surface area (Å²) < 4.78 is 30.5. The fraction of sp³-hybridized carbons (Fsp3) is 0.929. The van der Waals surface area contributed by atoms with E-state index in [1.807, 2.05) is 0 Å². The van der Waals surface area contributed by atoms with Crippen LogP contribution in [0.25, 0.3) is 0 Å². The van der Waals surface area contributed by atoms with Gasteiger partial charge in [0.2, 0.25) is 0 Å². The first-order valence-corrected chi connectivity index (χ1v) is 20.4. The molecule has 17 atom stereocenters. The highest BCUT2D eigenvalue weighted by Gasteiger charge is 2.69. The second-order valence-corrected chi connectivity index (χ2v) is 20.4. The van der Waals surface area contributed by atoms with Crippen molar-refractivity contribution < 1.29 is 54.0 Å². The largest absolute Gasteiger partial charge is 0.481 e. The van der Waals surface area contributed by atoms with Gasteiger partial charge in [-0.05, 0) is 116 Å². The maximum Gasteiger partial charge on any atom is 0.310 e. The van der Waals surface area contributed by atoms with Crippen molar-refractivity contribution in [3.8, 4) is 0 Å². The lowest BCUT2D eigenvalue weighted by Crippen LogP contribution is -2.66. The van der Waals surface area contributed by atoms with E-state index in [1.165, 1.54) is 12.7 Å². The van der Waals surface area contributed by atoms with E-state index in [0.717, 1.165) is 64.2 Å². The third kappa shape index (κ3) is 5.95. The molecule has 0 aromatic heterocycles. The van der Waals surface area contributed by atoms with Crippen LogP contribution >= 0.6 is 0 Å². The van der Waals surface area contributed by atoms with Crippen LogP contribution in [0.3, 0.4) is 0 Å². The summed E-state index contributed by atoms with van der Waals surface area (Å²) in [5, 5.41) is 53.6. The first kappa shape index (κ1) is 40.1. The fourth-order valence-electron chi connectivity index (χ4n) is 13.5. The maximum atomic E-state index is 13.1. The molecular weight excluding hydrogens is 680 g/mol. The van der Waals surface area contributed by atoms with Crippen LogP contribution in [0, 0.1) is 50.2 Å². The minimum Gasteiger partial charge on any atom is -0.481 e. The van der Waals surface area contributed by atoms with Gasteiger partial charge in [0.15, 0.2) is 12.6 Å². The first-order valence-electron chi connectivity index (χ1n) is 20.4. The molecule has 0 aromatic rings. The lowest BCUT2D eigenvalue weighted by atomic mass is 9.33. The van der Waals surface area contributed by atoms with Crippen LogP contribution in [0.1, 0.15) is 120 Å². The molecule has 7 rings (SSSR count). The summed E-state index contributed by atoms with van der Waals surface area (Å²) in [6, 6.07) is 0. The van der Waals surface area contributed by atoms with E-state index in [-0.39, 0.29) is 45.7 Å². The second kappa shape index (κ2) is 13.5. The van der Waals surface area contributed by atoms with Gasteiger partial charge in [-0.1, -0.05) is 60.1 Å². The predicted molar refractivity (Wildman–Crippen MR) is 195 cm³/mol. The number of carboxylic acid groups (broad SMARTS) is 1. The Hall–Kier alpha value is -1.15. The van der Waals surface area contributed by atoms with Crippen LogP contribution in [0.2, 0.25) is 0 Å². The van der Waals surface area contributed by atoms with Crippen LogP contribution in [0.5, 0.6) is 0 Å². The van der Waals surface area contributed by atoms with Crippen molar-refractivity contribution in [1.29, 1.82) is 0 Å². The highest BCUT2D eigenvalue weighted by atomic mass is 16.8. The van der Waals surface area contributed by atoms with E-state index in [4.69, 9.17) is 23.7 Å². The number of fused-ring (bicyclic) bond motifs is 7. The SMILES string of the molecule is CO[C@H]1CO[C@@H](O[C@H]2CC[C@]3(C)[C@H]4CC=C5[C@@H]6CC(C)(C)CC[C@]6(C(=O)O)CC[C@@]5(C)[C@]4(C)CC[C@H]3C2(C)C)[C@H](O[C@@H]2O[C@@H](C)[C@H](O)[C@@H](O)[C@H]2O)[C@H]1O. The number of hydrogen-bond donors (Lipinski definition) is 5. The molecular formula is C42H68O11. The monoisotopic (exact) mass is 748 g/mol. The summed E-state index contributed by atoms with van der Waals surface area (Å²) in [5.41, 5.74) is 0.676. The molecule has 2 aliphatic heterocycles. The highest BCUT2D eigenvalue weighted by molar-refractivity contribution is 5.76. The molecule has 302 valence electrons. The van der Waals surface area contributed by atoms with Crippen molar-refractivity contribution >= 4 is 5.97 Å². The van der Waals surface area contributed by atoms with Crippen molar-refractivity contribution in [2.24, 2.45) is 50.2 Å². The van der Waals surface area contributed by atoms with Gasteiger partial charge in [0.25, 0.3) is 0 Å². The van der Waals surface area contributed by atoms with Crippen molar-refractivity contribution in [3.63, 3.8) is 0 Å². The zero-order valence-electron chi connectivity index (χ0n) is 33.5. The number of aliphatic hydroxyl groups excluding tert-OH is 4. The molecule has 6 fully saturated rings. The molecule has 0 spiro atoms. The van der Waals surface area contributed by atoms with Crippen LogP contribution in [-0.4, -0.2) is 107 Å². The van der Waals surface area contributed by atoms with Gasteiger partial charge in [0, 0.05) is 7.11 Å². The molecule has 7 aliphatic rings. The Labute approximate surface area is 316 Å². The van der Waals surface area contributed by atoms with E-state index in [1.54, 1.807) is 6.92 Å². The summed E-state index contributed by atoms with van der Waals surface area (Å²) in [6.07, 6.45) is 1.13. The molecule has 0 unspecified atom stereocenters. The number of carboxylic acids is 1. The van der Waals surface area contributed by atoms with E-state index in [0.29, 0.717) is 11.8 Å². The average molecular weight is 749 g/mol. The Morgan fingerprint density at radius 1 is 0.811 bits per heavy atom. The van der Waals surface area contributed by atoms with E-state index in [9.17, 15) is 30.3 Å². The van der Waals surface area contributed by atoms with Crippen LogP contribution in [0.4, 0.5) is 0 Å². The van der Waals surface area contributed by atoms with Crippen molar-refractivity contribution in [2.75, 3.05) is 13.7 Å². The highest BCUT2D eigenvalue weighted by Crippen LogP contribution is 2.76. The minimum atomic E-state index is -1.54. The molecule has 0 amide bonds. The van der Waals surface area contributed by atoms with E-state index >= 15 is 0 Å². The molecule has 11 heteroatoms. The number of rotatable bonds is 6. The molecule has 2 heterocycles. The Balaban J connectivity index is 1.13. The molecule has 0 aromatic carbocycles. The van der Waals surface area contributed by atoms with Gasteiger partial charge in [-0.25, -0.2) is 0 Å². The number of hydrogen-bond acceptors (Lipinski definition) is 10. The number of allylic oxidation sites excluding steroid dienone is 2. The Morgan fingerprint density at radius 3 is 2.19 bits per heavy atom. The van der Waals surface area contributed by atoms with Gasteiger partial charge in [0.05, 0.1) is 24.2 Å². The molecule has 0 bridgehead atoms. The third-order valence-electron chi connectivity index (χ3n) is 17.1. The molecule has 5 aliphatic carbocycles. The number of aliphatic carboxylic acids is 1. The van der Waals surface area contributed by atoms with Gasteiger partial charge < -0.3 is 49.2 Å². The minimum absolute atomic E-state index is 0.0334. The van der Waals surface area contributed by atoms with Crippen LogP contribution in [0.15, 0.2) is 11.6 Å². The number of aliphatic hydroxyl groups is 4. The predicted octanol–water partition coefficient (Wildman–Crippen LogP) is 5.20. The zero-order valence-corrected chi connectivity index (χ0v) is 33.5. The zero-order chi connectivity index (χ0) is 38.7. The smallest absolute Gasteiger partial charge is 0.310 e. The topological polar surface area (TPSA) is 164 Å². The van der Waals surface area contributed by atoms with Gasteiger partial charge in [-0.15, -0.1) is 0 Å². The summed E-state index contributed by atoms with van der Waals surface area (Å²) >= 11 is 0. The Bertz CT molecular complexity index is 1430.